The molecule has 0 aliphatic heterocycles. The lowest BCUT2D eigenvalue weighted by molar-refractivity contribution is -0.119. The highest BCUT2D eigenvalue weighted by Crippen LogP contribution is 2.27. The van der Waals surface area contributed by atoms with Crippen molar-refractivity contribution in [3.8, 4) is 5.75 Å². The summed E-state index contributed by atoms with van der Waals surface area (Å²) < 4.78 is 6.98. The number of nitrogens with zero attached hydrogens (tertiary/aromatic N) is 5. The molecule has 0 spiro atoms. The number of hydrogen-bond acceptors (Lipinski definition) is 11. The number of aliphatic hydroxyl groups is 5. The number of likely N-dealkylation sites (N-methyl/N-ethyl adjacent to an activating group) is 1. The van der Waals surface area contributed by atoms with Crippen LogP contribution in [0.5, 0.6) is 5.75 Å². The van der Waals surface area contributed by atoms with Crippen LogP contribution >= 0.6 is 11.6 Å². The van der Waals surface area contributed by atoms with E-state index in [9.17, 15) is 20.4 Å². The van der Waals surface area contributed by atoms with Crippen molar-refractivity contribution in [2.24, 2.45) is 7.05 Å². The van der Waals surface area contributed by atoms with Crippen molar-refractivity contribution < 1.29 is 30.3 Å². The summed E-state index contributed by atoms with van der Waals surface area (Å²) in [4.78, 5) is 11.2. The smallest absolute Gasteiger partial charge is 0.156 e. The molecule has 13 heteroatoms. The molecule has 0 saturated carbocycles. The predicted molar refractivity (Wildman–Crippen MR) is 143 cm³/mol. The van der Waals surface area contributed by atoms with Crippen LogP contribution in [0, 0.1) is 0 Å². The van der Waals surface area contributed by atoms with Gasteiger partial charge in [0.05, 0.1) is 37.1 Å². The Hall–Kier alpha value is -2.58. The molecule has 0 amide bonds. The Bertz CT molecular complexity index is 1210. The van der Waals surface area contributed by atoms with Crippen molar-refractivity contribution in [2.45, 2.75) is 57.3 Å². The SMILES string of the molecule is CCCc1nn(C)c2c(NCc3ccc(OC)c(Cl)c3)nc(CN(C)C[C@@H](O)[C@H](O)[C@@H](O)[C@@H](O)CO)nc12. The topological polar surface area (TPSA) is 169 Å². The number of nitrogens with one attached hydrogen (secondary N) is 1. The fourth-order valence-electron chi connectivity index (χ4n) is 4.19. The first-order valence-corrected chi connectivity index (χ1v) is 12.8. The number of methoxy groups -OCH3 is 1. The number of benzene rings is 1. The summed E-state index contributed by atoms with van der Waals surface area (Å²) in [7, 11) is 5.11. The lowest BCUT2D eigenvalue weighted by Gasteiger charge is -2.28. The number of fused-ring (bicyclic) bond motifs is 1. The van der Waals surface area contributed by atoms with Crippen molar-refractivity contribution in [3.63, 3.8) is 0 Å². The fourth-order valence-corrected chi connectivity index (χ4v) is 4.47. The minimum Gasteiger partial charge on any atom is -0.495 e. The van der Waals surface area contributed by atoms with Gasteiger partial charge in [0, 0.05) is 20.1 Å². The Kier molecular flexibility index (Phi) is 10.6. The minimum absolute atomic E-state index is 0.0419. The van der Waals surface area contributed by atoms with E-state index < -0.39 is 31.0 Å². The molecule has 4 atom stereocenters. The molecular formula is C25H37ClN6O6. The van der Waals surface area contributed by atoms with E-state index in [0.717, 1.165) is 35.1 Å². The van der Waals surface area contributed by atoms with Gasteiger partial charge < -0.3 is 35.6 Å². The second kappa shape index (κ2) is 13.5. The Morgan fingerprint density at radius 3 is 2.47 bits per heavy atom. The maximum absolute atomic E-state index is 10.4. The molecule has 38 heavy (non-hydrogen) atoms. The summed E-state index contributed by atoms with van der Waals surface area (Å²) >= 11 is 6.28. The van der Waals surface area contributed by atoms with Crippen LogP contribution in [-0.4, -0.2) is 102 Å². The summed E-state index contributed by atoms with van der Waals surface area (Å²) in [6, 6.07) is 5.53. The molecule has 1 aromatic carbocycles. The summed E-state index contributed by atoms with van der Waals surface area (Å²) in [5, 5.41) is 57.5. The summed E-state index contributed by atoms with van der Waals surface area (Å²) in [5.74, 6) is 1.65. The molecule has 0 unspecified atom stereocenters. The molecule has 6 N–H and O–H groups in total. The number of aromatic nitrogens is 4. The Morgan fingerprint density at radius 2 is 1.84 bits per heavy atom. The van der Waals surface area contributed by atoms with Gasteiger partial charge in [-0.3, -0.25) is 9.58 Å². The predicted octanol–water partition coefficient (Wildman–Crippen LogP) is 0.458. The van der Waals surface area contributed by atoms with Crippen LogP contribution in [-0.2, 0) is 26.6 Å². The van der Waals surface area contributed by atoms with Crippen molar-refractivity contribution in [1.29, 1.82) is 0 Å². The molecule has 210 valence electrons. The van der Waals surface area contributed by atoms with Gasteiger partial charge in [-0.25, -0.2) is 9.97 Å². The third kappa shape index (κ3) is 7.08. The Labute approximate surface area is 226 Å². The lowest BCUT2D eigenvalue weighted by atomic mass is 10.0. The number of rotatable bonds is 14. The van der Waals surface area contributed by atoms with Crippen LogP contribution < -0.4 is 10.1 Å². The average molecular weight is 553 g/mol. The molecule has 0 saturated heterocycles. The highest BCUT2D eigenvalue weighted by atomic mass is 35.5. The van der Waals surface area contributed by atoms with E-state index in [0.29, 0.717) is 29.0 Å². The van der Waals surface area contributed by atoms with Gasteiger partial charge in [0.2, 0.25) is 0 Å². The number of aliphatic hydroxyl groups excluding tert-OH is 5. The van der Waals surface area contributed by atoms with Crippen LogP contribution in [0.3, 0.4) is 0 Å². The van der Waals surface area contributed by atoms with E-state index >= 15 is 0 Å². The second-order valence-corrected chi connectivity index (χ2v) is 9.73. The van der Waals surface area contributed by atoms with Crippen LogP contribution in [0.15, 0.2) is 18.2 Å². The molecule has 2 heterocycles. The summed E-state index contributed by atoms with van der Waals surface area (Å²) in [5.41, 5.74) is 3.27. The molecular weight excluding hydrogens is 516 g/mol. The van der Waals surface area contributed by atoms with Gasteiger partial charge in [0.1, 0.15) is 40.9 Å². The third-order valence-corrected chi connectivity index (χ3v) is 6.49. The first-order valence-electron chi connectivity index (χ1n) is 12.4. The molecule has 3 aromatic rings. The highest BCUT2D eigenvalue weighted by molar-refractivity contribution is 6.32. The minimum atomic E-state index is -1.69. The fraction of sp³-hybridized carbons (Fsp3) is 0.560. The largest absolute Gasteiger partial charge is 0.495 e. The molecule has 0 radical (unpaired) electrons. The van der Waals surface area contributed by atoms with Gasteiger partial charge in [-0.2, -0.15) is 5.10 Å². The van der Waals surface area contributed by atoms with Crippen LogP contribution in [0.2, 0.25) is 5.02 Å². The zero-order chi connectivity index (χ0) is 28.0. The zero-order valence-electron chi connectivity index (χ0n) is 22.0. The van der Waals surface area contributed by atoms with Gasteiger partial charge in [-0.1, -0.05) is 31.0 Å². The first-order chi connectivity index (χ1) is 18.1. The number of halogens is 1. The molecule has 2 aromatic heterocycles. The van der Waals surface area contributed by atoms with Gasteiger partial charge >= 0.3 is 0 Å². The lowest BCUT2D eigenvalue weighted by Crippen LogP contribution is -2.49. The Balaban J connectivity index is 1.84. The van der Waals surface area contributed by atoms with Crippen molar-refractivity contribution >= 4 is 28.5 Å². The van der Waals surface area contributed by atoms with Crippen LogP contribution in [0.4, 0.5) is 5.82 Å². The standard InChI is InChI=1S/C25H37ClN6O6/c1-5-6-16-21-22(32(3)30-16)25(27-10-14-7-8-19(38-4)15(26)9-14)29-20(28-21)12-31(2)11-17(34)23(36)24(37)18(35)13-33/h7-9,17-18,23-24,33-37H,5-6,10-13H2,1-4H3,(H,27,28,29)/t17-,18+,23+,24+/m1/s1. The molecule has 3 rings (SSSR count). The van der Waals surface area contributed by atoms with Crippen molar-refractivity contribution in [3.05, 3.63) is 40.3 Å². The van der Waals surface area contributed by atoms with E-state index in [4.69, 9.17) is 31.4 Å². The maximum Gasteiger partial charge on any atom is 0.156 e. The number of hydrogen-bond donors (Lipinski definition) is 6. The molecule has 12 nitrogen and oxygen atoms in total. The third-order valence-electron chi connectivity index (χ3n) is 6.20. The van der Waals surface area contributed by atoms with Gasteiger partial charge in [0.15, 0.2) is 5.82 Å². The quantitative estimate of drug-likeness (QED) is 0.164. The highest BCUT2D eigenvalue weighted by Gasteiger charge is 2.30. The number of anilines is 1. The first kappa shape index (κ1) is 30.0. The van der Waals surface area contributed by atoms with Gasteiger partial charge in [-0.05, 0) is 31.2 Å². The molecule has 0 bridgehead atoms. The Morgan fingerprint density at radius 1 is 1.13 bits per heavy atom. The van der Waals surface area contributed by atoms with Crippen LogP contribution in [0.1, 0.15) is 30.4 Å². The van der Waals surface area contributed by atoms with E-state index in [1.807, 2.05) is 19.2 Å². The van der Waals surface area contributed by atoms with Gasteiger partial charge in [-0.15, -0.1) is 0 Å². The van der Waals surface area contributed by atoms with E-state index in [1.54, 1.807) is 29.8 Å². The average Bonchev–Trinajstić information content (AvgIpc) is 3.20. The molecule has 0 aliphatic rings. The zero-order valence-corrected chi connectivity index (χ0v) is 22.8. The number of ether oxygens (including phenoxy) is 1. The summed E-state index contributed by atoms with van der Waals surface area (Å²) in [6.07, 6.45) is -4.65. The van der Waals surface area contributed by atoms with Crippen molar-refractivity contribution in [1.82, 2.24) is 24.6 Å². The maximum atomic E-state index is 10.4. The van der Waals surface area contributed by atoms with E-state index in [1.165, 1.54) is 0 Å². The number of aryl methyl sites for hydroxylation is 2. The van der Waals surface area contributed by atoms with Gasteiger partial charge in [0.25, 0.3) is 0 Å². The van der Waals surface area contributed by atoms with E-state index in [2.05, 4.69) is 17.3 Å². The molecule has 0 aliphatic carbocycles. The second-order valence-electron chi connectivity index (χ2n) is 9.32. The summed E-state index contributed by atoms with van der Waals surface area (Å²) in [6.45, 7) is 1.95. The van der Waals surface area contributed by atoms with Crippen molar-refractivity contribution in [2.75, 3.05) is 32.6 Å². The van der Waals surface area contributed by atoms with Crippen LogP contribution in [0.25, 0.3) is 11.0 Å². The monoisotopic (exact) mass is 552 g/mol. The van der Waals surface area contributed by atoms with E-state index in [-0.39, 0.29) is 13.1 Å². The normalized spacial score (nSPS) is 15.0. The molecule has 0 fully saturated rings.